The Kier molecular flexibility index (Phi) is 3.72. The van der Waals surface area contributed by atoms with Crippen LogP contribution in [0.2, 0.25) is 0 Å². The van der Waals surface area contributed by atoms with Crippen molar-refractivity contribution in [2.45, 2.75) is 84.7 Å². The summed E-state index contributed by atoms with van der Waals surface area (Å²) in [7, 11) is 0. The Morgan fingerprint density at radius 2 is 1.61 bits per heavy atom. The highest BCUT2D eigenvalue weighted by molar-refractivity contribution is 5.78. The largest absolute Gasteiger partial charge is 0.393 e. The molecule has 2 heteroatoms. The van der Waals surface area contributed by atoms with Crippen molar-refractivity contribution >= 4 is 5.78 Å². The summed E-state index contributed by atoms with van der Waals surface area (Å²) in [5, 5.41) is 10.5. The first-order valence-electron chi connectivity index (χ1n) is 10.0. The van der Waals surface area contributed by atoms with Gasteiger partial charge < -0.3 is 5.11 Å². The predicted octanol–water partition coefficient (Wildman–Crippen LogP) is 4.60. The number of Topliss-reactive ketones (excluding diaryl/α,β-unsaturated/α-hetero) is 1. The van der Waals surface area contributed by atoms with E-state index in [1.54, 1.807) is 6.92 Å². The van der Waals surface area contributed by atoms with Crippen molar-refractivity contribution < 1.29 is 9.90 Å². The van der Waals surface area contributed by atoms with Crippen LogP contribution in [0, 0.1) is 40.4 Å². The zero-order chi connectivity index (χ0) is 16.4. The Hall–Kier alpha value is -0.370. The SMILES string of the molecule is CC(=O)C1CCC2(C)C(CCC3C4CCC(O)C4(C)CCC32)C1. The summed E-state index contributed by atoms with van der Waals surface area (Å²) in [6, 6.07) is 0. The Morgan fingerprint density at radius 3 is 2.35 bits per heavy atom. The maximum Gasteiger partial charge on any atom is 0.132 e. The molecule has 0 saturated heterocycles. The molecule has 0 amide bonds. The fraction of sp³-hybridized carbons (Fsp3) is 0.952. The van der Waals surface area contributed by atoms with E-state index in [4.69, 9.17) is 0 Å². The molecule has 0 spiro atoms. The van der Waals surface area contributed by atoms with Crippen LogP contribution >= 0.6 is 0 Å². The summed E-state index contributed by atoms with van der Waals surface area (Å²) < 4.78 is 0. The second kappa shape index (κ2) is 5.31. The van der Waals surface area contributed by atoms with Gasteiger partial charge in [0, 0.05) is 5.92 Å². The number of carbonyl (C=O) groups excluding carboxylic acids is 1. The molecule has 0 aromatic rings. The molecule has 4 aliphatic carbocycles. The monoisotopic (exact) mass is 318 g/mol. The molecule has 4 aliphatic rings. The van der Waals surface area contributed by atoms with Crippen molar-refractivity contribution in [1.29, 1.82) is 0 Å². The van der Waals surface area contributed by atoms with E-state index >= 15 is 0 Å². The highest BCUT2D eigenvalue weighted by Crippen LogP contribution is 2.66. The molecule has 0 bridgehead atoms. The molecule has 23 heavy (non-hydrogen) atoms. The number of ketones is 1. The molecule has 4 fully saturated rings. The molecular formula is C21H34O2. The van der Waals surface area contributed by atoms with Crippen LogP contribution in [-0.2, 0) is 4.79 Å². The number of fused-ring (bicyclic) bond motifs is 5. The van der Waals surface area contributed by atoms with Gasteiger partial charge in [0.05, 0.1) is 6.10 Å². The minimum Gasteiger partial charge on any atom is -0.393 e. The molecule has 0 heterocycles. The van der Waals surface area contributed by atoms with Crippen LogP contribution in [-0.4, -0.2) is 17.0 Å². The summed E-state index contributed by atoms with van der Waals surface area (Å²) in [6.45, 7) is 6.72. The van der Waals surface area contributed by atoms with E-state index in [1.807, 2.05) is 0 Å². The third kappa shape index (κ3) is 2.19. The average molecular weight is 319 g/mol. The molecular weight excluding hydrogens is 284 g/mol. The van der Waals surface area contributed by atoms with Crippen molar-refractivity contribution in [1.82, 2.24) is 0 Å². The fourth-order valence-electron chi connectivity index (χ4n) is 7.60. The quantitative estimate of drug-likeness (QED) is 0.767. The van der Waals surface area contributed by atoms with Crippen molar-refractivity contribution in [3.63, 3.8) is 0 Å². The summed E-state index contributed by atoms with van der Waals surface area (Å²) in [5.41, 5.74) is 0.657. The molecule has 2 nitrogen and oxygen atoms in total. The Bertz CT molecular complexity index is 500. The van der Waals surface area contributed by atoms with Crippen LogP contribution in [0.3, 0.4) is 0 Å². The van der Waals surface area contributed by atoms with Gasteiger partial charge >= 0.3 is 0 Å². The van der Waals surface area contributed by atoms with Crippen LogP contribution in [0.5, 0.6) is 0 Å². The van der Waals surface area contributed by atoms with Gasteiger partial charge in [-0.2, -0.15) is 0 Å². The van der Waals surface area contributed by atoms with E-state index in [1.165, 1.54) is 38.5 Å². The number of hydrogen-bond donors (Lipinski definition) is 1. The van der Waals surface area contributed by atoms with E-state index in [0.29, 0.717) is 17.1 Å². The van der Waals surface area contributed by atoms with E-state index in [9.17, 15) is 9.90 Å². The number of aliphatic hydroxyl groups is 1. The maximum absolute atomic E-state index is 11.9. The minimum absolute atomic E-state index is 0.0626. The Labute approximate surface area is 141 Å². The molecule has 8 atom stereocenters. The van der Waals surface area contributed by atoms with Crippen LogP contribution in [0.25, 0.3) is 0 Å². The Morgan fingerprint density at radius 1 is 0.913 bits per heavy atom. The molecule has 8 unspecified atom stereocenters. The lowest BCUT2D eigenvalue weighted by atomic mass is 9.44. The fourth-order valence-corrected chi connectivity index (χ4v) is 7.60. The molecule has 0 radical (unpaired) electrons. The van der Waals surface area contributed by atoms with E-state index in [-0.39, 0.29) is 11.5 Å². The van der Waals surface area contributed by atoms with Gasteiger partial charge in [-0.3, -0.25) is 4.79 Å². The van der Waals surface area contributed by atoms with Crippen LogP contribution in [0.15, 0.2) is 0 Å². The van der Waals surface area contributed by atoms with Gasteiger partial charge in [0.1, 0.15) is 5.78 Å². The van der Waals surface area contributed by atoms with Crippen LogP contribution < -0.4 is 0 Å². The molecule has 4 saturated carbocycles. The van der Waals surface area contributed by atoms with Crippen LogP contribution in [0.1, 0.15) is 78.6 Å². The van der Waals surface area contributed by atoms with Gasteiger partial charge in [-0.05, 0) is 99.2 Å². The maximum atomic E-state index is 11.9. The second-order valence-corrected chi connectivity index (χ2v) is 9.88. The molecule has 0 aliphatic heterocycles. The first kappa shape index (κ1) is 16.1. The van der Waals surface area contributed by atoms with Gasteiger partial charge in [0.25, 0.3) is 0 Å². The number of rotatable bonds is 1. The lowest BCUT2D eigenvalue weighted by Crippen LogP contribution is -2.54. The predicted molar refractivity (Wildman–Crippen MR) is 91.9 cm³/mol. The summed E-state index contributed by atoms with van der Waals surface area (Å²) in [6.07, 6.45) is 10.9. The molecule has 1 N–H and O–H groups in total. The molecule has 130 valence electrons. The number of hydrogen-bond acceptors (Lipinski definition) is 2. The van der Waals surface area contributed by atoms with Gasteiger partial charge in [-0.15, -0.1) is 0 Å². The Balaban J connectivity index is 1.58. The average Bonchev–Trinajstić information content (AvgIpc) is 2.82. The topological polar surface area (TPSA) is 37.3 Å². The van der Waals surface area contributed by atoms with Crippen molar-refractivity contribution in [2.24, 2.45) is 40.4 Å². The minimum atomic E-state index is -0.0626. The molecule has 0 aromatic carbocycles. The highest BCUT2D eigenvalue weighted by atomic mass is 16.3. The van der Waals surface area contributed by atoms with Gasteiger partial charge in [-0.1, -0.05) is 13.8 Å². The normalized spacial score (nSPS) is 55.7. The van der Waals surface area contributed by atoms with E-state index in [0.717, 1.165) is 42.9 Å². The summed E-state index contributed by atoms with van der Waals surface area (Å²) in [5.74, 6) is 3.95. The molecule has 0 aromatic heterocycles. The van der Waals surface area contributed by atoms with Crippen molar-refractivity contribution in [2.75, 3.05) is 0 Å². The van der Waals surface area contributed by atoms with Crippen molar-refractivity contribution in [3.8, 4) is 0 Å². The zero-order valence-corrected chi connectivity index (χ0v) is 15.2. The smallest absolute Gasteiger partial charge is 0.132 e. The summed E-state index contributed by atoms with van der Waals surface area (Å²) in [4.78, 5) is 11.9. The van der Waals surface area contributed by atoms with Crippen LogP contribution in [0.4, 0.5) is 0 Å². The number of aliphatic hydroxyl groups excluding tert-OH is 1. The number of carbonyl (C=O) groups is 1. The third-order valence-electron chi connectivity index (χ3n) is 9.19. The highest BCUT2D eigenvalue weighted by Gasteiger charge is 2.60. The standard InChI is InChI=1S/C21H34O2/c1-13(22)14-8-10-20(2)15(12-14)4-5-16-17-6-7-19(23)21(17,3)11-9-18(16)20/h14-19,23H,4-12H2,1-3H3. The van der Waals surface area contributed by atoms with Crippen molar-refractivity contribution in [3.05, 3.63) is 0 Å². The first-order valence-corrected chi connectivity index (χ1v) is 10.0. The lowest BCUT2D eigenvalue weighted by molar-refractivity contribution is -0.138. The zero-order valence-electron chi connectivity index (χ0n) is 15.2. The first-order chi connectivity index (χ1) is 10.9. The molecule has 4 rings (SSSR count). The van der Waals surface area contributed by atoms with Gasteiger partial charge in [0.2, 0.25) is 0 Å². The van der Waals surface area contributed by atoms with E-state index in [2.05, 4.69) is 13.8 Å². The third-order valence-corrected chi connectivity index (χ3v) is 9.19. The summed E-state index contributed by atoms with van der Waals surface area (Å²) >= 11 is 0. The van der Waals surface area contributed by atoms with Gasteiger partial charge in [0.15, 0.2) is 0 Å². The second-order valence-electron chi connectivity index (χ2n) is 9.88. The van der Waals surface area contributed by atoms with E-state index < -0.39 is 0 Å². The van der Waals surface area contributed by atoms with Gasteiger partial charge in [-0.25, -0.2) is 0 Å². The lowest BCUT2D eigenvalue weighted by Gasteiger charge is -2.60.